The Morgan fingerprint density at radius 3 is 2.50 bits per heavy atom. The van der Waals surface area contributed by atoms with E-state index >= 15 is 0 Å². The molecule has 0 bridgehead atoms. The van der Waals surface area contributed by atoms with Crippen LogP contribution in [0.2, 0.25) is 0 Å². The molecule has 1 aromatic rings. The van der Waals surface area contributed by atoms with Crippen LogP contribution >= 0.6 is 0 Å². The van der Waals surface area contributed by atoms with Gasteiger partial charge in [0.05, 0.1) is 12.5 Å². The molecule has 0 amide bonds. The molecule has 1 unspecified atom stereocenters. The molecule has 0 radical (unpaired) electrons. The maximum Gasteiger partial charge on any atom is 0.305 e. The summed E-state index contributed by atoms with van der Waals surface area (Å²) in [6.45, 7) is 1.42. The molecule has 18 heavy (non-hydrogen) atoms. The van der Waals surface area contributed by atoms with E-state index in [4.69, 9.17) is 5.11 Å². The lowest BCUT2D eigenvalue weighted by Crippen LogP contribution is -2.14. The number of carboxylic acid groups (broad SMARTS) is 1. The summed E-state index contributed by atoms with van der Waals surface area (Å²) in [5.41, 5.74) is 0.187. The quantitative estimate of drug-likeness (QED) is 0.800. The highest BCUT2D eigenvalue weighted by Crippen LogP contribution is 2.21. The Morgan fingerprint density at radius 2 is 1.94 bits per heavy atom. The third-order valence-electron chi connectivity index (χ3n) is 2.62. The summed E-state index contributed by atoms with van der Waals surface area (Å²) in [5, 5.41) is 17.7. The first-order chi connectivity index (χ1) is 8.32. The van der Waals surface area contributed by atoms with Crippen LogP contribution in [0.3, 0.4) is 0 Å². The van der Waals surface area contributed by atoms with Crippen molar-refractivity contribution in [2.45, 2.75) is 32.3 Å². The number of aliphatic carboxylic acids is 1. The minimum atomic E-state index is -1.55. The van der Waals surface area contributed by atoms with Gasteiger partial charge in [0.25, 0.3) is 0 Å². The number of carboxylic acids is 1. The minimum absolute atomic E-state index is 0.0326. The lowest BCUT2D eigenvalue weighted by atomic mass is 10.00. The number of hydrogen-bond donors (Lipinski definition) is 2. The van der Waals surface area contributed by atoms with E-state index in [1.54, 1.807) is 0 Å². The third-order valence-corrected chi connectivity index (χ3v) is 2.62. The van der Waals surface area contributed by atoms with Crippen LogP contribution in [0.5, 0.6) is 0 Å². The zero-order valence-corrected chi connectivity index (χ0v) is 9.71. The monoisotopic (exact) mass is 262 g/mol. The molecule has 3 nitrogen and oxygen atoms in total. The zero-order chi connectivity index (χ0) is 13.9. The van der Waals surface area contributed by atoms with Crippen LogP contribution in [-0.4, -0.2) is 22.3 Å². The summed E-state index contributed by atoms with van der Waals surface area (Å²) < 4.78 is 39.3. The van der Waals surface area contributed by atoms with Crippen molar-refractivity contribution in [3.05, 3.63) is 34.6 Å². The largest absolute Gasteiger partial charge is 0.481 e. The first-order valence-electron chi connectivity index (χ1n) is 5.35. The number of rotatable bonds is 5. The Hall–Kier alpha value is -1.56. The Kier molecular flexibility index (Phi) is 4.72. The fourth-order valence-corrected chi connectivity index (χ4v) is 1.67. The summed E-state index contributed by atoms with van der Waals surface area (Å²) in [6, 6.07) is 0.872. The molecule has 2 N–H and O–H groups in total. The molecular formula is C12H13F3O3. The highest BCUT2D eigenvalue weighted by atomic mass is 19.2. The second-order valence-corrected chi connectivity index (χ2v) is 4.07. The van der Waals surface area contributed by atoms with E-state index in [0.717, 1.165) is 6.07 Å². The van der Waals surface area contributed by atoms with Gasteiger partial charge < -0.3 is 10.2 Å². The van der Waals surface area contributed by atoms with E-state index in [2.05, 4.69) is 0 Å². The maximum atomic E-state index is 13.4. The average Bonchev–Trinajstić information content (AvgIpc) is 2.25. The van der Waals surface area contributed by atoms with Crippen molar-refractivity contribution in [1.29, 1.82) is 0 Å². The molecule has 0 heterocycles. The lowest BCUT2D eigenvalue weighted by Gasteiger charge is -2.11. The van der Waals surface area contributed by atoms with Crippen LogP contribution in [-0.2, 0) is 11.2 Å². The topological polar surface area (TPSA) is 57.5 Å². The van der Waals surface area contributed by atoms with Crippen molar-refractivity contribution in [1.82, 2.24) is 0 Å². The van der Waals surface area contributed by atoms with Crippen LogP contribution in [0.15, 0.2) is 6.07 Å². The van der Waals surface area contributed by atoms with Gasteiger partial charge in [-0.2, -0.15) is 0 Å². The van der Waals surface area contributed by atoms with E-state index in [1.165, 1.54) is 6.92 Å². The molecule has 6 heteroatoms. The van der Waals surface area contributed by atoms with Crippen LogP contribution in [0.1, 0.15) is 24.0 Å². The number of aliphatic hydroxyl groups is 1. The standard InChI is InChI=1S/C12H13F3O3/c1-6-4-9(13)12(15)11(14)8(6)3-2-7(16)5-10(17)18/h4,7,16H,2-3,5H2,1H3,(H,17,18). The van der Waals surface area contributed by atoms with Gasteiger partial charge in [0.15, 0.2) is 17.5 Å². The first-order valence-corrected chi connectivity index (χ1v) is 5.35. The molecule has 0 saturated heterocycles. The summed E-state index contributed by atoms with van der Waals surface area (Å²) in [4.78, 5) is 10.3. The molecule has 1 atom stereocenters. The van der Waals surface area contributed by atoms with Gasteiger partial charge in [-0.3, -0.25) is 4.79 Å². The molecule has 0 aliphatic rings. The van der Waals surface area contributed by atoms with Crippen molar-refractivity contribution < 1.29 is 28.2 Å². The van der Waals surface area contributed by atoms with Gasteiger partial charge in [-0.25, -0.2) is 13.2 Å². The fourth-order valence-electron chi connectivity index (χ4n) is 1.67. The van der Waals surface area contributed by atoms with Crippen LogP contribution in [0, 0.1) is 24.4 Å². The van der Waals surface area contributed by atoms with Crippen LogP contribution < -0.4 is 0 Å². The fraction of sp³-hybridized carbons (Fsp3) is 0.417. The van der Waals surface area contributed by atoms with E-state index in [0.29, 0.717) is 0 Å². The highest BCUT2D eigenvalue weighted by molar-refractivity contribution is 5.67. The van der Waals surface area contributed by atoms with Crippen molar-refractivity contribution in [3.63, 3.8) is 0 Å². The van der Waals surface area contributed by atoms with Gasteiger partial charge in [-0.05, 0) is 37.0 Å². The van der Waals surface area contributed by atoms with Gasteiger partial charge in [0.1, 0.15) is 0 Å². The Morgan fingerprint density at radius 1 is 1.33 bits per heavy atom. The maximum absolute atomic E-state index is 13.4. The summed E-state index contributed by atoms with van der Waals surface area (Å²) in [7, 11) is 0. The summed E-state index contributed by atoms with van der Waals surface area (Å²) >= 11 is 0. The molecule has 0 aliphatic heterocycles. The van der Waals surface area contributed by atoms with E-state index in [-0.39, 0.29) is 24.0 Å². The van der Waals surface area contributed by atoms with E-state index < -0.39 is 35.9 Å². The molecular weight excluding hydrogens is 249 g/mol. The Bertz CT molecular complexity index is 460. The van der Waals surface area contributed by atoms with Crippen LogP contribution in [0.25, 0.3) is 0 Å². The van der Waals surface area contributed by atoms with E-state index in [1.807, 2.05) is 0 Å². The van der Waals surface area contributed by atoms with Gasteiger partial charge in [-0.15, -0.1) is 0 Å². The van der Waals surface area contributed by atoms with Gasteiger partial charge in [0, 0.05) is 0 Å². The number of benzene rings is 1. The van der Waals surface area contributed by atoms with E-state index in [9.17, 15) is 23.1 Å². The summed E-state index contributed by atoms with van der Waals surface area (Å²) in [5.74, 6) is -5.27. The number of aryl methyl sites for hydroxylation is 1. The number of hydrogen-bond acceptors (Lipinski definition) is 2. The number of halogens is 3. The summed E-state index contributed by atoms with van der Waals surface area (Å²) in [6.07, 6.45) is -1.70. The molecule has 0 saturated carbocycles. The van der Waals surface area contributed by atoms with Gasteiger partial charge >= 0.3 is 5.97 Å². The SMILES string of the molecule is Cc1cc(F)c(F)c(F)c1CCC(O)CC(=O)O. The van der Waals surface area contributed by atoms with Gasteiger partial charge in [-0.1, -0.05) is 0 Å². The van der Waals surface area contributed by atoms with Crippen molar-refractivity contribution in [3.8, 4) is 0 Å². The van der Waals surface area contributed by atoms with Crippen LogP contribution in [0.4, 0.5) is 13.2 Å². The third kappa shape index (κ3) is 3.46. The molecule has 100 valence electrons. The average molecular weight is 262 g/mol. The van der Waals surface area contributed by atoms with Crippen molar-refractivity contribution >= 4 is 5.97 Å². The Balaban J connectivity index is 2.79. The molecule has 0 spiro atoms. The van der Waals surface area contributed by atoms with Crippen molar-refractivity contribution in [2.75, 3.05) is 0 Å². The first kappa shape index (κ1) is 14.5. The molecule has 1 rings (SSSR count). The minimum Gasteiger partial charge on any atom is -0.481 e. The lowest BCUT2D eigenvalue weighted by molar-refractivity contribution is -0.139. The normalized spacial score (nSPS) is 12.5. The second-order valence-electron chi connectivity index (χ2n) is 4.07. The number of carbonyl (C=O) groups is 1. The highest BCUT2D eigenvalue weighted by Gasteiger charge is 2.18. The smallest absolute Gasteiger partial charge is 0.305 e. The number of aliphatic hydroxyl groups excluding tert-OH is 1. The van der Waals surface area contributed by atoms with Gasteiger partial charge in [0.2, 0.25) is 0 Å². The predicted molar refractivity (Wildman–Crippen MR) is 57.6 cm³/mol. The second kappa shape index (κ2) is 5.86. The molecule has 0 fully saturated rings. The zero-order valence-electron chi connectivity index (χ0n) is 9.71. The molecule has 0 aromatic heterocycles. The molecule has 0 aliphatic carbocycles. The Labute approximate surface area is 102 Å². The predicted octanol–water partition coefficient (Wildman–Crippen LogP) is 2.18. The van der Waals surface area contributed by atoms with Crippen molar-refractivity contribution in [2.24, 2.45) is 0 Å². The molecule has 1 aromatic carbocycles.